The van der Waals surface area contributed by atoms with Crippen LogP contribution in [-0.2, 0) is 0 Å². The van der Waals surface area contributed by atoms with Crippen molar-refractivity contribution in [2.24, 2.45) is 0 Å². The van der Waals surface area contributed by atoms with Crippen LogP contribution in [0.15, 0.2) is 48.7 Å². The number of hydrogen-bond donors (Lipinski definition) is 0. The Labute approximate surface area is 113 Å². The van der Waals surface area contributed by atoms with E-state index < -0.39 is 0 Å². The molecule has 0 aliphatic carbocycles. The van der Waals surface area contributed by atoms with Gasteiger partial charge in [0.05, 0.1) is 15.2 Å². The molecule has 3 heteroatoms. The largest absolute Gasteiger partial charge is 0.255 e. The predicted molar refractivity (Wildman–Crippen MR) is 79.6 cm³/mol. The highest BCUT2D eigenvalue weighted by atomic mass is 35.5. The number of hydrogen-bond acceptors (Lipinski definition) is 2. The van der Waals surface area contributed by atoms with Crippen LogP contribution < -0.4 is 0 Å². The Morgan fingerprint density at radius 1 is 1.06 bits per heavy atom. The number of aromatic nitrogens is 1. The third kappa shape index (κ3) is 1.30. The lowest BCUT2D eigenvalue weighted by Crippen LogP contribution is -1.76. The molecule has 0 aliphatic heterocycles. The van der Waals surface area contributed by atoms with Crippen LogP contribution in [0.3, 0.4) is 0 Å². The lowest BCUT2D eigenvalue weighted by atomic mass is 10.1. The third-order valence-corrected chi connectivity index (χ3v) is 4.65. The van der Waals surface area contributed by atoms with E-state index in [0.29, 0.717) is 0 Å². The maximum atomic E-state index is 6.42. The molecule has 0 spiro atoms. The van der Waals surface area contributed by atoms with E-state index in [9.17, 15) is 0 Å². The number of rotatable bonds is 0. The van der Waals surface area contributed by atoms with Crippen molar-refractivity contribution in [1.82, 2.24) is 4.98 Å². The molecule has 0 bridgehead atoms. The fourth-order valence-electron chi connectivity index (χ4n) is 2.38. The van der Waals surface area contributed by atoms with E-state index in [0.717, 1.165) is 15.9 Å². The highest BCUT2D eigenvalue weighted by Gasteiger charge is 2.12. The SMILES string of the molecule is Clc1cc2ccccc2c2sc3cccnc3c12. The average Bonchev–Trinajstić information content (AvgIpc) is 2.79. The molecule has 0 N–H and O–H groups in total. The van der Waals surface area contributed by atoms with Crippen LogP contribution in [0.1, 0.15) is 0 Å². The number of nitrogens with zero attached hydrogens (tertiary/aromatic N) is 1. The highest BCUT2D eigenvalue weighted by molar-refractivity contribution is 7.26. The molecule has 4 rings (SSSR count). The predicted octanol–water partition coefficient (Wildman–Crippen LogP) is 5.26. The highest BCUT2D eigenvalue weighted by Crippen LogP contribution is 2.41. The van der Waals surface area contributed by atoms with Crippen molar-refractivity contribution >= 4 is 54.0 Å². The maximum Gasteiger partial charge on any atom is 0.0903 e. The summed E-state index contributed by atoms with van der Waals surface area (Å²) in [4.78, 5) is 4.46. The van der Waals surface area contributed by atoms with Crippen molar-refractivity contribution < 1.29 is 0 Å². The molecule has 2 heterocycles. The van der Waals surface area contributed by atoms with Crippen LogP contribution in [0.5, 0.6) is 0 Å². The molecule has 2 aromatic heterocycles. The molecule has 0 unspecified atom stereocenters. The molecule has 2 aromatic carbocycles. The molecular weight excluding hydrogens is 262 g/mol. The molecule has 1 nitrogen and oxygen atoms in total. The van der Waals surface area contributed by atoms with Gasteiger partial charge in [0.1, 0.15) is 0 Å². The van der Waals surface area contributed by atoms with E-state index in [1.807, 2.05) is 24.4 Å². The molecule has 0 saturated carbocycles. The van der Waals surface area contributed by atoms with Gasteiger partial charge in [0.2, 0.25) is 0 Å². The number of pyridine rings is 1. The van der Waals surface area contributed by atoms with Crippen LogP contribution in [0.4, 0.5) is 0 Å². The van der Waals surface area contributed by atoms with Crippen molar-refractivity contribution in [3.8, 4) is 0 Å². The van der Waals surface area contributed by atoms with Crippen molar-refractivity contribution in [3.63, 3.8) is 0 Å². The Morgan fingerprint density at radius 2 is 1.94 bits per heavy atom. The number of fused-ring (bicyclic) bond motifs is 5. The third-order valence-electron chi connectivity index (χ3n) is 3.17. The quantitative estimate of drug-likeness (QED) is 0.424. The summed E-state index contributed by atoms with van der Waals surface area (Å²) in [6, 6.07) is 14.4. The van der Waals surface area contributed by atoms with Gasteiger partial charge < -0.3 is 0 Å². The first-order chi connectivity index (χ1) is 8.84. The van der Waals surface area contributed by atoms with Crippen LogP contribution in [0, 0.1) is 0 Å². The smallest absolute Gasteiger partial charge is 0.0903 e. The molecule has 0 aliphatic rings. The molecule has 0 fully saturated rings. The summed E-state index contributed by atoms with van der Waals surface area (Å²) in [5.74, 6) is 0. The van der Waals surface area contributed by atoms with E-state index in [1.54, 1.807) is 11.3 Å². The van der Waals surface area contributed by atoms with Gasteiger partial charge in [-0.25, -0.2) is 0 Å². The lowest BCUT2D eigenvalue weighted by Gasteiger charge is -2.01. The Morgan fingerprint density at radius 3 is 2.89 bits per heavy atom. The number of benzene rings is 2. The topological polar surface area (TPSA) is 12.9 Å². The summed E-state index contributed by atoms with van der Waals surface area (Å²) in [5, 5.41) is 4.30. The molecule has 0 amide bonds. The summed E-state index contributed by atoms with van der Waals surface area (Å²) in [5.41, 5.74) is 1.01. The Bertz CT molecular complexity index is 895. The van der Waals surface area contributed by atoms with E-state index in [1.165, 1.54) is 20.2 Å². The van der Waals surface area contributed by atoms with Gasteiger partial charge in [-0.05, 0) is 29.0 Å². The fourth-order valence-corrected chi connectivity index (χ4v) is 3.96. The first kappa shape index (κ1) is 10.3. The standard InChI is InChI=1S/C15H8ClNS/c16-11-8-9-4-1-2-5-10(9)15-13(11)14-12(18-15)6-3-7-17-14/h1-8H. The molecule has 18 heavy (non-hydrogen) atoms. The zero-order chi connectivity index (χ0) is 12.1. The second kappa shape index (κ2) is 3.67. The van der Waals surface area contributed by atoms with E-state index in [4.69, 9.17) is 11.6 Å². The molecular formula is C15H8ClNS. The lowest BCUT2D eigenvalue weighted by molar-refractivity contribution is 1.44. The molecule has 0 atom stereocenters. The summed E-state index contributed by atoms with van der Waals surface area (Å²) in [7, 11) is 0. The second-order valence-electron chi connectivity index (χ2n) is 4.24. The first-order valence-electron chi connectivity index (χ1n) is 5.69. The minimum absolute atomic E-state index is 0.786. The minimum Gasteiger partial charge on any atom is -0.255 e. The van der Waals surface area contributed by atoms with Gasteiger partial charge in [-0.15, -0.1) is 11.3 Å². The van der Waals surface area contributed by atoms with E-state index in [2.05, 4.69) is 29.2 Å². The normalized spacial score (nSPS) is 11.6. The summed E-state index contributed by atoms with van der Waals surface area (Å²) >= 11 is 8.18. The van der Waals surface area contributed by atoms with E-state index >= 15 is 0 Å². The zero-order valence-corrected chi connectivity index (χ0v) is 10.9. The first-order valence-corrected chi connectivity index (χ1v) is 6.88. The van der Waals surface area contributed by atoms with Crippen LogP contribution in [0.2, 0.25) is 5.02 Å². The minimum atomic E-state index is 0.786. The average molecular weight is 270 g/mol. The zero-order valence-electron chi connectivity index (χ0n) is 9.35. The number of halogens is 1. The van der Waals surface area contributed by atoms with Gasteiger partial charge >= 0.3 is 0 Å². The van der Waals surface area contributed by atoms with Crippen LogP contribution >= 0.6 is 22.9 Å². The monoisotopic (exact) mass is 269 g/mol. The van der Waals surface area contributed by atoms with E-state index in [-0.39, 0.29) is 0 Å². The van der Waals surface area contributed by atoms with Gasteiger partial charge in [-0.1, -0.05) is 35.9 Å². The molecule has 0 radical (unpaired) electrons. The molecule has 4 aromatic rings. The maximum absolute atomic E-state index is 6.42. The van der Waals surface area contributed by atoms with Gasteiger partial charge in [-0.3, -0.25) is 4.98 Å². The summed E-state index contributed by atoms with van der Waals surface area (Å²) < 4.78 is 2.41. The molecule has 86 valence electrons. The van der Waals surface area contributed by atoms with Gasteiger partial charge in [0.25, 0.3) is 0 Å². The van der Waals surface area contributed by atoms with Gasteiger partial charge in [0, 0.05) is 16.3 Å². The van der Waals surface area contributed by atoms with Crippen LogP contribution in [0.25, 0.3) is 31.1 Å². The fraction of sp³-hybridized carbons (Fsp3) is 0. The van der Waals surface area contributed by atoms with Gasteiger partial charge in [0.15, 0.2) is 0 Å². The Hall–Kier alpha value is -1.64. The van der Waals surface area contributed by atoms with Crippen LogP contribution in [-0.4, -0.2) is 4.98 Å². The molecule has 0 saturated heterocycles. The van der Waals surface area contributed by atoms with Crippen molar-refractivity contribution in [3.05, 3.63) is 53.7 Å². The number of thiophene rings is 1. The summed E-state index contributed by atoms with van der Waals surface area (Å²) in [6.45, 7) is 0. The second-order valence-corrected chi connectivity index (χ2v) is 5.70. The van der Waals surface area contributed by atoms with Gasteiger partial charge in [-0.2, -0.15) is 0 Å². The van der Waals surface area contributed by atoms with Crippen molar-refractivity contribution in [1.29, 1.82) is 0 Å². The van der Waals surface area contributed by atoms with Crippen molar-refractivity contribution in [2.75, 3.05) is 0 Å². The van der Waals surface area contributed by atoms with Crippen molar-refractivity contribution in [2.45, 2.75) is 0 Å². The summed E-state index contributed by atoms with van der Waals surface area (Å²) in [6.07, 6.45) is 1.82. The Kier molecular flexibility index (Phi) is 2.10. The Balaban J connectivity index is 2.38.